The number of nitrogens with zero attached hydrogens (tertiary/aromatic N) is 2. The van der Waals surface area contributed by atoms with Gasteiger partial charge in [-0.15, -0.1) is 0 Å². The number of nitrogen functional groups attached to an aromatic ring is 1. The molecule has 0 saturated carbocycles. The first kappa shape index (κ1) is 13.9. The highest BCUT2D eigenvalue weighted by molar-refractivity contribution is 9.10. The van der Waals surface area contributed by atoms with E-state index in [4.69, 9.17) is 10.5 Å². The molecule has 2 aromatic rings. The number of benzene rings is 1. The van der Waals surface area contributed by atoms with Gasteiger partial charge in [-0.2, -0.15) is 0 Å². The van der Waals surface area contributed by atoms with Gasteiger partial charge in [0.15, 0.2) is 0 Å². The highest BCUT2D eigenvalue weighted by atomic mass is 79.9. The van der Waals surface area contributed by atoms with Gasteiger partial charge in [-0.3, -0.25) is 0 Å². The molecule has 0 radical (unpaired) electrons. The summed E-state index contributed by atoms with van der Waals surface area (Å²) in [5, 5.41) is 0. The Kier molecular flexibility index (Phi) is 4.14. The lowest BCUT2D eigenvalue weighted by atomic mass is 10.1. The molecule has 0 aliphatic carbocycles. The second-order valence-electron chi connectivity index (χ2n) is 4.42. The Hall–Kier alpha value is -1.49. The molecule has 2 N–H and O–H groups in total. The van der Waals surface area contributed by atoms with E-state index in [2.05, 4.69) is 27.8 Å². The summed E-state index contributed by atoms with van der Waals surface area (Å²) in [5.74, 6) is 2.47. The van der Waals surface area contributed by atoms with Crippen LogP contribution >= 0.6 is 15.9 Å². The summed E-state index contributed by atoms with van der Waals surface area (Å²) in [4.78, 5) is 4.66. The maximum atomic E-state index is 6.16. The number of anilines is 1. The van der Waals surface area contributed by atoms with Crippen LogP contribution in [0, 0.1) is 0 Å². The minimum Gasteiger partial charge on any atom is -0.497 e. The first-order valence-electron chi connectivity index (χ1n) is 6.23. The number of hydrogen-bond acceptors (Lipinski definition) is 3. The van der Waals surface area contributed by atoms with Gasteiger partial charge < -0.3 is 15.0 Å². The molecular formula is C14H18BrN3O. The molecule has 1 heterocycles. The minimum atomic E-state index is 0.678. The summed E-state index contributed by atoms with van der Waals surface area (Å²) in [7, 11) is 3.60. The summed E-state index contributed by atoms with van der Waals surface area (Å²) < 4.78 is 8.17. The zero-order chi connectivity index (χ0) is 14.0. The molecule has 19 heavy (non-hydrogen) atoms. The third-order valence-electron chi connectivity index (χ3n) is 3.13. The van der Waals surface area contributed by atoms with E-state index in [-0.39, 0.29) is 0 Å². The van der Waals surface area contributed by atoms with Crippen LogP contribution in [-0.4, -0.2) is 16.7 Å². The largest absolute Gasteiger partial charge is 0.497 e. The molecule has 0 saturated heterocycles. The van der Waals surface area contributed by atoms with Crippen LogP contribution in [0.15, 0.2) is 22.7 Å². The van der Waals surface area contributed by atoms with Gasteiger partial charge in [0.2, 0.25) is 0 Å². The van der Waals surface area contributed by atoms with Crippen molar-refractivity contribution in [3.8, 4) is 17.0 Å². The van der Waals surface area contributed by atoms with Gasteiger partial charge in [0.25, 0.3) is 0 Å². The molecule has 0 amide bonds. The van der Waals surface area contributed by atoms with Crippen molar-refractivity contribution in [2.24, 2.45) is 7.05 Å². The van der Waals surface area contributed by atoms with Gasteiger partial charge in [-0.25, -0.2) is 4.98 Å². The molecule has 4 nitrogen and oxygen atoms in total. The molecule has 0 fully saturated rings. The van der Waals surface area contributed by atoms with Crippen molar-refractivity contribution in [1.82, 2.24) is 9.55 Å². The Labute approximate surface area is 121 Å². The molecule has 2 rings (SSSR count). The molecule has 5 heteroatoms. The van der Waals surface area contributed by atoms with Gasteiger partial charge >= 0.3 is 0 Å². The van der Waals surface area contributed by atoms with Gasteiger partial charge in [-0.1, -0.05) is 22.9 Å². The Morgan fingerprint density at radius 2 is 2.16 bits per heavy atom. The maximum Gasteiger partial charge on any atom is 0.131 e. The van der Waals surface area contributed by atoms with Gasteiger partial charge in [0, 0.05) is 23.5 Å². The molecule has 0 aliphatic heterocycles. The number of aromatic nitrogens is 2. The van der Waals surface area contributed by atoms with Crippen molar-refractivity contribution in [2.45, 2.75) is 19.8 Å². The minimum absolute atomic E-state index is 0.678. The fraction of sp³-hybridized carbons (Fsp3) is 0.357. The third kappa shape index (κ3) is 2.61. The van der Waals surface area contributed by atoms with Crippen LogP contribution in [0.2, 0.25) is 0 Å². The lowest BCUT2D eigenvalue weighted by Crippen LogP contribution is -2.01. The van der Waals surface area contributed by atoms with Crippen LogP contribution in [0.3, 0.4) is 0 Å². The Balaban J connectivity index is 2.55. The van der Waals surface area contributed by atoms with Crippen LogP contribution in [0.25, 0.3) is 11.3 Å². The first-order valence-corrected chi connectivity index (χ1v) is 7.02. The highest BCUT2D eigenvalue weighted by Gasteiger charge is 2.16. The molecule has 0 aliphatic rings. The Morgan fingerprint density at radius 1 is 1.42 bits per heavy atom. The van der Waals surface area contributed by atoms with Crippen molar-refractivity contribution in [3.05, 3.63) is 28.5 Å². The number of ether oxygens (including phenoxy) is 1. The fourth-order valence-corrected chi connectivity index (χ4v) is 2.45. The van der Waals surface area contributed by atoms with E-state index in [1.165, 1.54) is 0 Å². The van der Waals surface area contributed by atoms with Crippen molar-refractivity contribution in [2.75, 3.05) is 12.8 Å². The number of nitrogens with two attached hydrogens (primary N) is 1. The van der Waals surface area contributed by atoms with E-state index in [0.29, 0.717) is 5.82 Å². The predicted octanol–water partition coefficient (Wildman–Crippen LogP) is 3.39. The van der Waals surface area contributed by atoms with E-state index < -0.39 is 0 Å². The first-order chi connectivity index (χ1) is 9.08. The summed E-state index contributed by atoms with van der Waals surface area (Å²) in [6.45, 7) is 2.13. The van der Waals surface area contributed by atoms with Crippen LogP contribution < -0.4 is 10.5 Å². The number of imidazole rings is 1. The van der Waals surface area contributed by atoms with Crippen molar-refractivity contribution in [3.63, 3.8) is 0 Å². The second-order valence-corrected chi connectivity index (χ2v) is 5.27. The van der Waals surface area contributed by atoms with Crippen molar-refractivity contribution in [1.29, 1.82) is 0 Å². The van der Waals surface area contributed by atoms with E-state index >= 15 is 0 Å². The van der Waals surface area contributed by atoms with Crippen molar-refractivity contribution < 1.29 is 4.74 Å². The number of aryl methyl sites for hydroxylation is 1. The average molecular weight is 324 g/mol. The van der Waals surface area contributed by atoms with Gasteiger partial charge in [-0.05, 0) is 24.6 Å². The number of rotatable bonds is 4. The molecule has 0 spiro atoms. The summed E-state index contributed by atoms with van der Waals surface area (Å²) in [6, 6.07) is 5.79. The molecule has 102 valence electrons. The highest BCUT2D eigenvalue weighted by Crippen LogP contribution is 2.34. The second kappa shape index (κ2) is 5.65. The Bertz CT molecular complexity index is 593. The van der Waals surface area contributed by atoms with E-state index in [0.717, 1.165) is 40.1 Å². The third-order valence-corrected chi connectivity index (χ3v) is 3.83. The fourth-order valence-electron chi connectivity index (χ4n) is 2.02. The van der Waals surface area contributed by atoms with Crippen molar-refractivity contribution >= 4 is 21.7 Å². The van der Waals surface area contributed by atoms with Crippen LogP contribution in [0.1, 0.15) is 19.2 Å². The standard InChI is InChI=1S/C14H18BrN3O/c1-4-5-12-17-13(14(16)18(12)2)10-8-9(19-3)6-7-11(10)15/h6-8H,4-5,16H2,1-3H3. The topological polar surface area (TPSA) is 53.1 Å². The molecular weight excluding hydrogens is 306 g/mol. The van der Waals surface area contributed by atoms with Gasteiger partial charge in [0.1, 0.15) is 23.1 Å². The molecule has 1 aromatic carbocycles. The van der Waals surface area contributed by atoms with Crippen LogP contribution in [-0.2, 0) is 13.5 Å². The smallest absolute Gasteiger partial charge is 0.131 e. The monoisotopic (exact) mass is 323 g/mol. The van der Waals surface area contributed by atoms with E-state index in [9.17, 15) is 0 Å². The van der Waals surface area contributed by atoms with E-state index in [1.807, 2.05) is 29.8 Å². The number of hydrogen-bond donors (Lipinski definition) is 1. The van der Waals surface area contributed by atoms with Crippen LogP contribution in [0.4, 0.5) is 5.82 Å². The van der Waals surface area contributed by atoms with E-state index in [1.54, 1.807) is 7.11 Å². The molecule has 0 atom stereocenters. The molecule has 1 aromatic heterocycles. The lowest BCUT2D eigenvalue weighted by molar-refractivity contribution is 0.415. The summed E-state index contributed by atoms with van der Waals surface area (Å²) in [5.41, 5.74) is 7.92. The average Bonchev–Trinajstić information content (AvgIpc) is 2.68. The predicted molar refractivity (Wildman–Crippen MR) is 81.3 cm³/mol. The summed E-state index contributed by atoms with van der Waals surface area (Å²) in [6.07, 6.45) is 1.96. The van der Waals surface area contributed by atoms with Crippen LogP contribution in [0.5, 0.6) is 5.75 Å². The number of halogens is 1. The molecule has 0 unspecified atom stereocenters. The normalized spacial score (nSPS) is 10.7. The SMILES string of the molecule is CCCc1nc(-c2cc(OC)ccc2Br)c(N)n1C. The number of methoxy groups -OCH3 is 1. The zero-order valence-corrected chi connectivity index (χ0v) is 13.0. The zero-order valence-electron chi connectivity index (χ0n) is 11.4. The maximum absolute atomic E-state index is 6.16. The molecule has 0 bridgehead atoms. The lowest BCUT2D eigenvalue weighted by Gasteiger charge is -2.06. The Morgan fingerprint density at radius 3 is 2.79 bits per heavy atom. The van der Waals surface area contributed by atoms with Gasteiger partial charge in [0.05, 0.1) is 7.11 Å². The summed E-state index contributed by atoms with van der Waals surface area (Å²) >= 11 is 3.54. The quantitative estimate of drug-likeness (QED) is 0.938.